The van der Waals surface area contributed by atoms with Crippen LogP contribution < -0.4 is 5.32 Å². The van der Waals surface area contributed by atoms with Crippen molar-refractivity contribution in [3.63, 3.8) is 0 Å². The molecule has 0 aromatic carbocycles. The van der Waals surface area contributed by atoms with Crippen LogP contribution in [0.2, 0.25) is 0 Å². The normalized spacial score (nSPS) is 36.5. The van der Waals surface area contributed by atoms with Crippen molar-refractivity contribution in [1.29, 1.82) is 0 Å². The van der Waals surface area contributed by atoms with Crippen molar-refractivity contribution < 1.29 is 38.0 Å². The van der Waals surface area contributed by atoms with E-state index in [1.54, 1.807) is 0 Å². The Morgan fingerprint density at radius 1 is 1.20 bits per heavy atom. The minimum atomic E-state index is -1.09. The van der Waals surface area contributed by atoms with Gasteiger partial charge < -0.3 is 38.6 Å². The summed E-state index contributed by atoms with van der Waals surface area (Å²) in [6.07, 6.45) is 0.215. The molecule has 0 bridgehead atoms. The third-order valence-corrected chi connectivity index (χ3v) is 5.74. The van der Waals surface area contributed by atoms with E-state index < -0.39 is 41.8 Å². The van der Waals surface area contributed by atoms with Crippen LogP contribution in [0.1, 0.15) is 47.0 Å². The first-order chi connectivity index (χ1) is 14.1. The Hall–Kier alpha value is -1.46. The number of ether oxygens (including phenoxy) is 6. The van der Waals surface area contributed by atoms with E-state index in [4.69, 9.17) is 28.4 Å². The average Bonchev–Trinajstić information content (AvgIpc) is 3.36. The topological polar surface area (TPSA) is 105 Å². The highest BCUT2D eigenvalue weighted by atomic mass is 16.9. The molecule has 0 aromatic heterocycles. The Balaban J connectivity index is 1.26. The van der Waals surface area contributed by atoms with Crippen LogP contribution in [0.4, 0.5) is 4.79 Å². The first kappa shape index (κ1) is 21.8. The number of fused-ring (bicyclic) bond motifs is 2. The van der Waals surface area contributed by atoms with Crippen molar-refractivity contribution in [3.8, 4) is 0 Å². The average molecular weight is 428 g/mol. The van der Waals surface area contributed by atoms with Gasteiger partial charge in [0.1, 0.15) is 31.5 Å². The van der Waals surface area contributed by atoms with Crippen LogP contribution in [0.5, 0.6) is 0 Å². The standard InChI is InChI=1S/C20H32N2O8/c1-18(2)26-12-20(30-18)16-15(28-19(3,4)29-16)13(27-20)11-25-17(24)21-8-6-10-22-9-5-7-14(22)23/h13,15-16H,5-12H2,1-4H3,(H,21,24)/t13-,15-,16-,20+/m1/s1. The highest BCUT2D eigenvalue weighted by Crippen LogP contribution is 2.49. The van der Waals surface area contributed by atoms with Crippen LogP contribution in [0, 0.1) is 0 Å². The number of hydrogen-bond donors (Lipinski definition) is 1. The number of rotatable bonds is 6. The molecule has 0 saturated carbocycles. The third kappa shape index (κ3) is 4.43. The molecule has 0 radical (unpaired) electrons. The zero-order chi connectivity index (χ0) is 21.6. The van der Waals surface area contributed by atoms with Gasteiger partial charge in [0.15, 0.2) is 11.6 Å². The maximum atomic E-state index is 12.1. The number of nitrogens with zero attached hydrogens (tertiary/aromatic N) is 1. The fourth-order valence-corrected chi connectivity index (χ4v) is 4.48. The number of likely N-dealkylation sites (tertiary alicyclic amines) is 1. The summed E-state index contributed by atoms with van der Waals surface area (Å²) in [7, 11) is 0. The van der Waals surface area contributed by atoms with E-state index in [0.29, 0.717) is 25.9 Å². The zero-order valence-corrected chi connectivity index (χ0v) is 18.1. The molecule has 0 aliphatic carbocycles. The van der Waals surface area contributed by atoms with Gasteiger partial charge in [0.05, 0.1) is 0 Å². The molecule has 4 heterocycles. The summed E-state index contributed by atoms with van der Waals surface area (Å²) in [5.41, 5.74) is 0. The van der Waals surface area contributed by atoms with Crippen LogP contribution in [-0.4, -0.2) is 85.4 Å². The van der Waals surface area contributed by atoms with Gasteiger partial charge in [0.2, 0.25) is 11.7 Å². The largest absolute Gasteiger partial charge is 0.447 e. The Labute approximate surface area is 176 Å². The second kappa shape index (κ2) is 7.90. The number of hydrogen-bond acceptors (Lipinski definition) is 8. The third-order valence-electron chi connectivity index (χ3n) is 5.74. The highest BCUT2D eigenvalue weighted by Gasteiger charge is 2.67. The Bertz CT molecular complexity index is 684. The van der Waals surface area contributed by atoms with Crippen molar-refractivity contribution in [2.24, 2.45) is 0 Å². The summed E-state index contributed by atoms with van der Waals surface area (Å²) in [6.45, 7) is 9.37. The van der Waals surface area contributed by atoms with Crippen molar-refractivity contribution in [2.45, 2.75) is 82.6 Å². The van der Waals surface area contributed by atoms with Gasteiger partial charge in [-0.2, -0.15) is 0 Å². The van der Waals surface area contributed by atoms with E-state index in [0.717, 1.165) is 13.0 Å². The smallest absolute Gasteiger partial charge is 0.407 e. The van der Waals surface area contributed by atoms with Gasteiger partial charge in [-0.25, -0.2) is 4.79 Å². The summed E-state index contributed by atoms with van der Waals surface area (Å²) in [4.78, 5) is 25.5. The summed E-state index contributed by atoms with van der Waals surface area (Å²) in [6, 6.07) is 0. The number of alkyl carbamates (subject to hydrolysis) is 1. The summed E-state index contributed by atoms with van der Waals surface area (Å²) in [5, 5.41) is 2.71. The van der Waals surface area contributed by atoms with Gasteiger partial charge in [-0.05, 0) is 40.5 Å². The van der Waals surface area contributed by atoms with E-state index >= 15 is 0 Å². The monoisotopic (exact) mass is 428 g/mol. The minimum Gasteiger partial charge on any atom is -0.447 e. The molecular formula is C20H32N2O8. The quantitative estimate of drug-likeness (QED) is 0.628. The lowest BCUT2D eigenvalue weighted by Gasteiger charge is -2.30. The Morgan fingerprint density at radius 3 is 2.67 bits per heavy atom. The molecule has 1 spiro atoms. The van der Waals surface area contributed by atoms with Crippen LogP contribution in [0.3, 0.4) is 0 Å². The molecule has 2 amide bonds. The first-order valence-electron chi connectivity index (χ1n) is 10.7. The van der Waals surface area contributed by atoms with Crippen molar-refractivity contribution in [3.05, 3.63) is 0 Å². The van der Waals surface area contributed by atoms with Gasteiger partial charge in [0.25, 0.3) is 0 Å². The maximum absolute atomic E-state index is 12.1. The minimum absolute atomic E-state index is 0.00257. The molecule has 4 aliphatic heterocycles. The second-order valence-electron chi connectivity index (χ2n) is 9.14. The van der Waals surface area contributed by atoms with Crippen molar-refractivity contribution >= 4 is 12.0 Å². The molecule has 10 nitrogen and oxygen atoms in total. The molecule has 30 heavy (non-hydrogen) atoms. The Kier molecular flexibility index (Phi) is 5.73. The molecule has 1 N–H and O–H groups in total. The SMILES string of the molecule is CC1(C)O[C@H]2[C@@H](O1)[C@@]1(COC(C)(C)O1)O[C@@H]2COC(=O)NCCCN1CCCC1=O. The number of amides is 2. The molecule has 4 fully saturated rings. The fraction of sp³-hybridized carbons (Fsp3) is 0.900. The van der Waals surface area contributed by atoms with Crippen LogP contribution in [0.15, 0.2) is 0 Å². The molecule has 4 aliphatic rings. The molecule has 4 rings (SSSR count). The van der Waals surface area contributed by atoms with Crippen molar-refractivity contribution in [1.82, 2.24) is 10.2 Å². The van der Waals surface area contributed by atoms with Crippen LogP contribution >= 0.6 is 0 Å². The summed E-state index contributed by atoms with van der Waals surface area (Å²) < 4.78 is 35.3. The van der Waals surface area contributed by atoms with Crippen LogP contribution in [0.25, 0.3) is 0 Å². The van der Waals surface area contributed by atoms with E-state index in [-0.39, 0.29) is 19.1 Å². The lowest BCUT2D eigenvalue weighted by molar-refractivity contribution is -0.298. The number of nitrogens with one attached hydrogen (secondary N) is 1. The van der Waals surface area contributed by atoms with Gasteiger partial charge in [-0.1, -0.05) is 0 Å². The van der Waals surface area contributed by atoms with Gasteiger partial charge in [0, 0.05) is 26.1 Å². The summed E-state index contributed by atoms with van der Waals surface area (Å²) in [5.74, 6) is -2.50. The lowest BCUT2D eigenvalue weighted by atomic mass is 10.1. The van der Waals surface area contributed by atoms with Gasteiger partial charge in [-0.15, -0.1) is 0 Å². The van der Waals surface area contributed by atoms with Gasteiger partial charge >= 0.3 is 6.09 Å². The fourth-order valence-electron chi connectivity index (χ4n) is 4.48. The summed E-state index contributed by atoms with van der Waals surface area (Å²) >= 11 is 0. The van der Waals surface area contributed by atoms with E-state index in [9.17, 15) is 9.59 Å². The molecule has 170 valence electrons. The zero-order valence-electron chi connectivity index (χ0n) is 18.1. The van der Waals surface area contributed by atoms with E-state index in [2.05, 4.69) is 5.32 Å². The van der Waals surface area contributed by atoms with Crippen LogP contribution in [-0.2, 0) is 33.2 Å². The number of carbonyl (C=O) groups excluding carboxylic acids is 2. The lowest BCUT2D eigenvalue weighted by Crippen LogP contribution is -2.46. The predicted molar refractivity (Wildman–Crippen MR) is 102 cm³/mol. The Morgan fingerprint density at radius 2 is 2.00 bits per heavy atom. The molecule has 4 atom stereocenters. The molecule has 0 aromatic rings. The van der Waals surface area contributed by atoms with E-state index in [1.165, 1.54) is 0 Å². The first-order valence-corrected chi connectivity index (χ1v) is 10.7. The predicted octanol–water partition coefficient (Wildman–Crippen LogP) is 1.12. The van der Waals surface area contributed by atoms with Crippen molar-refractivity contribution in [2.75, 3.05) is 32.8 Å². The molecule has 4 saturated heterocycles. The molecule has 10 heteroatoms. The maximum Gasteiger partial charge on any atom is 0.407 e. The second-order valence-corrected chi connectivity index (χ2v) is 9.14. The molecule has 0 unspecified atom stereocenters. The van der Waals surface area contributed by atoms with E-state index in [1.807, 2.05) is 32.6 Å². The number of carbonyl (C=O) groups is 2. The molecular weight excluding hydrogens is 396 g/mol. The van der Waals surface area contributed by atoms with Gasteiger partial charge in [-0.3, -0.25) is 4.79 Å². The highest BCUT2D eigenvalue weighted by molar-refractivity contribution is 5.78.